The number of halogens is 1. The van der Waals surface area contributed by atoms with E-state index in [2.05, 4.69) is 39.7 Å². The molecule has 0 radical (unpaired) electrons. The monoisotopic (exact) mass is 681 g/mol. The van der Waals surface area contributed by atoms with Crippen molar-refractivity contribution in [3.63, 3.8) is 0 Å². The van der Waals surface area contributed by atoms with E-state index in [4.69, 9.17) is 13.7 Å². The second-order valence-corrected chi connectivity index (χ2v) is 13.6. The number of nitrogens with one attached hydrogen (secondary N) is 2. The van der Waals surface area contributed by atoms with Crippen LogP contribution in [0.5, 0.6) is 0 Å². The van der Waals surface area contributed by atoms with Crippen LogP contribution >= 0.6 is 15.9 Å². The van der Waals surface area contributed by atoms with Gasteiger partial charge in [0.2, 0.25) is 11.8 Å². The number of benzene rings is 1. The highest BCUT2D eigenvalue weighted by Gasteiger charge is 2.62. The van der Waals surface area contributed by atoms with Gasteiger partial charge in [0.1, 0.15) is 23.7 Å². The predicted octanol–water partition coefficient (Wildman–Crippen LogP) is 2.97. The smallest absolute Gasteiger partial charge is 0.408 e. The molecule has 2 N–H and O–H groups in total. The minimum atomic E-state index is -4.27. The Hall–Kier alpha value is -3.23. The van der Waals surface area contributed by atoms with Crippen molar-refractivity contribution in [2.75, 3.05) is 13.7 Å². The Kier molecular flexibility index (Phi) is 10.0. The average Bonchev–Trinajstić information content (AvgIpc) is 3.24. The molecule has 0 aromatic heterocycles. The second kappa shape index (κ2) is 13.2. The van der Waals surface area contributed by atoms with Crippen LogP contribution in [0.25, 0.3) is 0 Å². The van der Waals surface area contributed by atoms with Gasteiger partial charge in [-0.3, -0.25) is 13.8 Å². The van der Waals surface area contributed by atoms with Gasteiger partial charge >= 0.3 is 12.1 Å². The number of hydrogen-bond donors (Lipinski definition) is 2. The second-order valence-electron chi connectivity index (χ2n) is 11.1. The number of carbonyl (C=O) groups excluding carboxylic acids is 4. The maximum Gasteiger partial charge on any atom is 0.408 e. The summed E-state index contributed by atoms with van der Waals surface area (Å²) in [5, 5.41) is 5.24. The Labute approximate surface area is 259 Å². The van der Waals surface area contributed by atoms with Gasteiger partial charge in [-0.05, 0) is 68.9 Å². The van der Waals surface area contributed by atoms with Gasteiger partial charge in [-0.2, -0.15) is 8.42 Å². The maximum atomic E-state index is 13.9. The first kappa shape index (κ1) is 32.7. The lowest BCUT2D eigenvalue weighted by atomic mass is 10.1. The largest absolute Gasteiger partial charge is 0.467 e. The zero-order valence-corrected chi connectivity index (χ0v) is 26.4. The topological polar surface area (TPSA) is 157 Å². The van der Waals surface area contributed by atoms with Crippen molar-refractivity contribution < 1.29 is 41.3 Å². The number of esters is 1. The normalized spacial score (nSPS) is 25.8. The maximum absolute atomic E-state index is 13.9. The van der Waals surface area contributed by atoms with E-state index < -0.39 is 57.7 Å². The molecule has 43 heavy (non-hydrogen) atoms. The molecule has 14 heteroatoms. The van der Waals surface area contributed by atoms with Crippen LogP contribution in [0.3, 0.4) is 0 Å². The first-order valence-corrected chi connectivity index (χ1v) is 16.2. The molecular formula is C29H36BrN3O9S. The van der Waals surface area contributed by atoms with Crippen molar-refractivity contribution in [1.29, 1.82) is 0 Å². The molecule has 1 saturated heterocycles. The zero-order valence-electron chi connectivity index (χ0n) is 24.0. The van der Waals surface area contributed by atoms with Gasteiger partial charge < -0.3 is 25.0 Å². The lowest BCUT2D eigenvalue weighted by Gasteiger charge is -2.30. The van der Waals surface area contributed by atoms with Gasteiger partial charge in [0.15, 0.2) is 0 Å². The zero-order chi connectivity index (χ0) is 31.5. The Morgan fingerprint density at radius 1 is 1.14 bits per heavy atom. The van der Waals surface area contributed by atoms with E-state index >= 15 is 0 Å². The minimum absolute atomic E-state index is 0.103. The molecule has 1 aliphatic heterocycles. The van der Waals surface area contributed by atoms with Crippen molar-refractivity contribution in [2.24, 2.45) is 5.92 Å². The van der Waals surface area contributed by atoms with Crippen molar-refractivity contribution in [1.82, 2.24) is 15.5 Å². The molecule has 2 aliphatic carbocycles. The number of hydrogen-bond acceptors (Lipinski definition) is 9. The Bertz CT molecular complexity index is 1390. The fraction of sp³-hybridized carbons (Fsp3) is 0.517. The molecule has 5 atom stereocenters. The van der Waals surface area contributed by atoms with Crippen LogP contribution in [-0.4, -0.2) is 80.7 Å². The van der Waals surface area contributed by atoms with Crippen LogP contribution < -0.4 is 10.6 Å². The first-order chi connectivity index (χ1) is 20.3. The molecule has 3 amide bonds. The fourth-order valence-corrected chi connectivity index (χ4v) is 6.90. The molecule has 1 unspecified atom stereocenters. The van der Waals surface area contributed by atoms with Crippen LogP contribution in [0.4, 0.5) is 4.79 Å². The molecule has 1 aromatic rings. The van der Waals surface area contributed by atoms with Gasteiger partial charge in [0.25, 0.3) is 10.1 Å². The Balaban J connectivity index is 1.57. The van der Waals surface area contributed by atoms with E-state index in [1.807, 2.05) is 0 Å². The number of amides is 3. The third-order valence-electron chi connectivity index (χ3n) is 7.99. The lowest BCUT2D eigenvalue weighted by Crippen LogP contribution is -2.56. The van der Waals surface area contributed by atoms with Crippen molar-refractivity contribution in [2.45, 2.75) is 80.2 Å². The fourth-order valence-electron chi connectivity index (χ4n) is 5.55. The molecule has 0 bridgehead atoms. The quantitative estimate of drug-likeness (QED) is 0.204. The van der Waals surface area contributed by atoms with Gasteiger partial charge in [-0.1, -0.05) is 28.6 Å². The van der Waals surface area contributed by atoms with E-state index in [0.717, 1.165) is 30.6 Å². The summed E-state index contributed by atoms with van der Waals surface area (Å²) in [6.45, 7) is 8.79. The highest BCUT2D eigenvalue weighted by atomic mass is 79.9. The van der Waals surface area contributed by atoms with Crippen molar-refractivity contribution >= 4 is 49.9 Å². The SMILES string of the molecule is C=CC1C[C@]1(NC(=O)[C@@H]1C[C@H](OS(=O)(=O)c2ccc(Br)cc2)CN1C(=O)[C@@H](NC(=O)OC1CCCC1)C(=C)C)C(=O)OC. The number of nitrogens with zero attached hydrogens (tertiary/aromatic N) is 1. The molecule has 1 heterocycles. The van der Waals surface area contributed by atoms with E-state index in [0.29, 0.717) is 4.47 Å². The summed E-state index contributed by atoms with van der Waals surface area (Å²) < 4.78 is 42.6. The number of ether oxygens (including phenoxy) is 2. The summed E-state index contributed by atoms with van der Waals surface area (Å²) in [5.74, 6) is -2.45. The summed E-state index contributed by atoms with van der Waals surface area (Å²) in [6, 6.07) is 3.32. The predicted molar refractivity (Wildman–Crippen MR) is 158 cm³/mol. The molecule has 2 saturated carbocycles. The molecule has 234 valence electrons. The molecule has 4 rings (SSSR count). The van der Waals surface area contributed by atoms with E-state index in [1.165, 1.54) is 25.3 Å². The van der Waals surface area contributed by atoms with Crippen LogP contribution in [0.2, 0.25) is 0 Å². The van der Waals surface area contributed by atoms with Crippen LogP contribution in [0, 0.1) is 5.92 Å². The standard InChI is InChI=1S/C29H36BrN3O9S/c1-5-18-15-29(18,27(36)40-4)32-25(34)23-14-21(42-43(38,39)22-12-10-19(30)11-13-22)16-33(23)26(35)24(17(2)3)31-28(37)41-20-8-6-7-9-20/h5,10-13,18,20-21,23-24H,1-2,6-9,14-16H2,3-4H3,(H,31,37)(H,32,34)/t18?,21-,23-,24-,29+/m0/s1. The van der Waals surface area contributed by atoms with E-state index in [9.17, 15) is 27.6 Å². The van der Waals surface area contributed by atoms with Crippen LogP contribution in [-0.2, 0) is 38.2 Å². The highest BCUT2D eigenvalue weighted by molar-refractivity contribution is 9.10. The molecule has 1 aromatic carbocycles. The Morgan fingerprint density at radius 2 is 1.79 bits per heavy atom. The third kappa shape index (κ3) is 7.29. The summed E-state index contributed by atoms with van der Waals surface area (Å²) in [5.41, 5.74) is -1.07. The molecular weight excluding hydrogens is 646 g/mol. The van der Waals surface area contributed by atoms with Crippen molar-refractivity contribution in [3.8, 4) is 0 Å². The molecule has 12 nitrogen and oxygen atoms in total. The molecule has 3 fully saturated rings. The van der Waals surface area contributed by atoms with Gasteiger partial charge in [0, 0.05) is 23.4 Å². The van der Waals surface area contributed by atoms with Crippen molar-refractivity contribution in [3.05, 3.63) is 53.5 Å². The number of alkyl carbamates (subject to hydrolysis) is 1. The van der Waals surface area contributed by atoms with E-state index in [1.54, 1.807) is 19.1 Å². The Morgan fingerprint density at radius 3 is 2.35 bits per heavy atom. The molecule has 3 aliphatic rings. The van der Waals surface area contributed by atoms with E-state index in [-0.39, 0.29) is 41.9 Å². The van der Waals surface area contributed by atoms with Gasteiger partial charge in [0.05, 0.1) is 18.1 Å². The number of methoxy groups -OCH3 is 1. The molecule has 0 spiro atoms. The average molecular weight is 683 g/mol. The minimum Gasteiger partial charge on any atom is -0.467 e. The number of rotatable bonds is 11. The summed E-state index contributed by atoms with van der Waals surface area (Å²) in [7, 11) is -3.07. The van der Waals surface area contributed by atoms with Gasteiger partial charge in [-0.15, -0.1) is 6.58 Å². The van der Waals surface area contributed by atoms with Crippen LogP contribution in [0.1, 0.15) is 45.4 Å². The van der Waals surface area contributed by atoms with Gasteiger partial charge in [-0.25, -0.2) is 9.59 Å². The lowest BCUT2D eigenvalue weighted by molar-refractivity contribution is -0.148. The first-order valence-electron chi connectivity index (χ1n) is 14.0. The summed E-state index contributed by atoms with van der Waals surface area (Å²) in [4.78, 5) is 53.8. The third-order valence-corrected chi connectivity index (χ3v) is 9.89. The summed E-state index contributed by atoms with van der Waals surface area (Å²) >= 11 is 3.26. The van der Waals surface area contributed by atoms with Crippen LogP contribution in [0.15, 0.2) is 58.4 Å². The highest BCUT2D eigenvalue weighted by Crippen LogP contribution is 2.45. The number of carbonyl (C=O) groups is 4. The summed E-state index contributed by atoms with van der Waals surface area (Å²) in [6.07, 6.45) is 2.78. The number of likely N-dealkylation sites (tertiary alicyclic amines) is 1.